The van der Waals surface area contributed by atoms with Crippen LogP contribution in [-0.4, -0.2) is 19.7 Å². The van der Waals surface area contributed by atoms with Crippen molar-refractivity contribution in [3.8, 4) is 17.3 Å². The maximum atomic E-state index is 14.6. The van der Waals surface area contributed by atoms with Crippen LogP contribution in [0.5, 0.6) is 0 Å². The van der Waals surface area contributed by atoms with E-state index in [0.717, 1.165) is 29.0 Å². The van der Waals surface area contributed by atoms with Gasteiger partial charge in [0.25, 0.3) is 0 Å². The largest absolute Gasteiger partial charge is 0.249 e. The van der Waals surface area contributed by atoms with Crippen molar-refractivity contribution < 1.29 is 8.78 Å². The summed E-state index contributed by atoms with van der Waals surface area (Å²) in [6.45, 7) is 2.05. The molecule has 0 N–H and O–H groups in total. The van der Waals surface area contributed by atoms with Gasteiger partial charge in [0.05, 0.1) is 23.9 Å². The highest BCUT2D eigenvalue weighted by Crippen LogP contribution is 2.33. The topological polar surface area (TPSA) is 67.4 Å². The van der Waals surface area contributed by atoms with E-state index in [2.05, 4.69) is 21.1 Å². The lowest BCUT2D eigenvalue weighted by Gasteiger charge is -2.13. The van der Waals surface area contributed by atoms with E-state index in [1.165, 1.54) is 30.1 Å². The fourth-order valence-electron chi connectivity index (χ4n) is 3.03. The fraction of sp³-hybridized carbons (Fsp3) is 0.0909. The summed E-state index contributed by atoms with van der Waals surface area (Å²) in [6.07, 6.45) is 2.91. The Kier molecular flexibility index (Phi) is 5.46. The summed E-state index contributed by atoms with van der Waals surface area (Å²) in [5.41, 5.74) is 3.65. The highest BCUT2D eigenvalue weighted by molar-refractivity contribution is 7.11. The van der Waals surface area contributed by atoms with Gasteiger partial charge in [0, 0.05) is 16.5 Å². The lowest BCUT2D eigenvalue weighted by Crippen LogP contribution is -2.05. The van der Waals surface area contributed by atoms with Gasteiger partial charge in [0.15, 0.2) is 0 Å². The fourth-order valence-corrected chi connectivity index (χ4v) is 3.90. The summed E-state index contributed by atoms with van der Waals surface area (Å²) < 4.78 is 30.0. The Balaban J connectivity index is 1.78. The number of benzene rings is 2. The lowest BCUT2D eigenvalue weighted by molar-refractivity contribution is 0.594. The second-order valence-corrected chi connectivity index (χ2v) is 7.41. The van der Waals surface area contributed by atoms with Crippen LogP contribution in [0.15, 0.2) is 60.5 Å². The van der Waals surface area contributed by atoms with Gasteiger partial charge in [-0.05, 0) is 48.4 Å². The molecule has 0 radical (unpaired) electrons. The first-order chi connectivity index (χ1) is 14.5. The van der Waals surface area contributed by atoms with Crippen molar-refractivity contribution in [3.05, 3.63) is 88.3 Å². The highest BCUT2D eigenvalue weighted by Gasteiger charge is 2.17. The molecule has 0 bridgehead atoms. The highest BCUT2D eigenvalue weighted by atomic mass is 32.1. The molecule has 0 fully saturated rings. The number of thiazole rings is 1. The molecule has 4 rings (SSSR count). The van der Waals surface area contributed by atoms with E-state index in [4.69, 9.17) is 5.26 Å². The quantitative estimate of drug-likeness (QED) is 0.447. The zero-order valence-electron chi connectivity index (χ0n) is 15.9. The molecule has 0 atom stereocenters. The number of hydrogen-bond acceptors (Lipinski definition) is 5. The van der Waals surface area contributed by atoms with Crippen LogP contribution in [0.4, 0.5) is 8.78 Å². The number of hydrogen-bond donors (Lipinski definition) is 0. The minimum Gasteiger partial charge on any atom is -0.249 e. The van der Waals surface area contributed by atoms with Crippen LogP contribution >= 0.6 is 11.3 Å². The van der Waals surface area contributed by atoms with Gasteiger partial charge in [-0.1, -0.05) is 12.1 Å². The molecule has 4 aromatic rings. The predicted molar refractivity (Wildman–Crippen MR) is 111 cm³/mol. The maximum absolute atomic E-state index is 14.6. The van der Waals surface area contributed by atoms with E-state index in [1.807, 2.05) is 24.4 Å². The smallest absolute Gasteiger partial charge is 0.137 e. The van der Waals surface area contributed by atoms with Crippen LogP contribution in [0.3, 0.4) is 0 Å². The van der Waals surface area contributed by atoms with Crippen LogP contribution in [0.2, 0.25) is 0 Å². The first kappa shape index (κ1) is 19.6. The molecule has 30 heavy (non-hydrogen) atoms. The first-order valence-electron chi connectivity index (χ1n) is 8.99. The van der Waals surface area contributed by atoms with Crippen LogP contribution < -0.4 is 0 Å². The molecular weight excluding hydrogens is 404 g/mol. The SMILES string of the molecule is C/C(=C(\Cn1cncn1)c1cc(F)ccc1F)c1nc(-c2ccc(C#N)cc2)cs1. The minimum absolute atomic E-state index is 0.165. The monoisotopic (exact) mass is 419 g/mol. The van der Waals surface area contributed by atoms with Gasteiger partial charge in [-0.3, -0.25) is 0 Å². The molecule has 0 saturated heterocycles. The Hall–Kier alpha value is -3.70. The number of allylic oxidation sites excluding steroid dienone is 2. The van der Waals surface area contributed by atoms with E-state index in [0.29, 0.717) is 16.1 Å². The minimum atomic E-state index is -0.521. The zero-order valence-corrected chi connectivity index (χ0v) is 16.7. The molecule has 148 valence electrons. The zero-order chi connectivity index (χ0) is 21.1. The Morgan fingerprint density at radius 1 is 1.17 bits per heavy atom. The standard InChI is InChI=1S/C22H15F2N5S/c1-14(22-28-21(11-30-22)16-4-2-15(9-25)3-5-16)19(10-29-13-26-12-27-29)18-8-17(23)6-7-20(18)24/h2-8,11-13H,10H2,1H3/b19-14-. The van der Waals surface area contributed by atoms with Crippen molar-refractivity contribution >= 4 is 22.5 Å². The molecule has 0 saturated carbocycles. The second kappa shape index (κ2) is 8.35. The van der Waals surface area contributed by atoms with E-state index >= 15 is 0 Å². The molecule has 2 heterocycles. The Bertz CT molecular complexity index is 1250. The molecule has 8 heteroatoms. The van der Waals surface area contributed by atoms with Gasteiger partial charge in [-0.25, -0.2) is 23.4 Å². The van der Waals surface area contributed by atoms with Crippen molar-refractivity contribution in [3.63, 3.8) is 0 Å². The lowest BCUT2D eigenvalue weighted by atomic mass is 10.00. The van der Waals surface area contributed by atoms with Crippen molar-refractivity contribution in [1.82, 2.24) is 19.7 Å². The number of halogens is 2. The second-order valence-electron chi connectivity index (χ2n) is 6.55. The van der Waals surface area contributed by atoms with E-state index in [-0.39, 0.29) is 12.1 Å². The van der Waals surface area contributed by atoms with Gasteiger partial charge >= 0.3 is 0 Å². The van der Waals surface area contributed by atoms with Gasteiger partial charge in [0.2, 0.25) is 0 Å². The first-order valence-corrected chi connectivity index (χ1v) is 9.87. The summed E-state index contributed by atoms with van der Waals surface area (Å²) in [4.78, 5) is 8.60. The summed E-state index contributed by atoms with van der Waals surface area (Å²) in [5, 5.41) is 15.6. The molecule has 0 aliphatic carbocycles. The van der Waals surface area contributed by atoms with Gasteiger partial charge in [0.1, 0.15) is 29.3 Å². The van der Waals surface area contributed by atoms with Crippen molar-refractivity contribution in [2.45, 2.75) is 13.5 Å². The molecular formula is C22H15F2N5S. The van der Waals surface area contributed by atoms with Crippen LogP contribution in [-0.2, 0) is 6.54 Å². The molecule has 0 unspecified atom stereocenters. The van der Waals surface area contributed by atoms with Crippen LogP contribution in [0.1, 0.15) is 23.1 Å². The molecule has 0 spiro atoms. The Morgan fingerprint density at radius 2 is 1.97 bits per heavy atom. The average molecular weight is 419 g/mol. The molecule has 0 amide bonds. The number of nitrogens with zero attached hydrogens (tertiary/aromatic N) is 5. The molecule has 0 aliphatic heterocycles. The van der Waals surface area contributed by atoms with Gasteiger partial charge in [-0.2, -0.15) is 10.4 Å². The summed E-state index contributed by atoms with van der Waals surface area (Å²) in [5.74, 6) is -1.04. The molecule has 0 aliphatic rings. The van der Waals surface area contributed by atoms with Crippen molar-refractivity contribution in [2.24, 2.45) is 0 Å². The van der Waals surface area contributed by atoms with Gasteiger partial charge < -0.3 is 0 Å². The van der Waals surface area contributed by atoms with Crippen molar-refractivity contribution in [1.29, 1.82) is 5.26 Å². The molecule has 2 aromatic heterocycles. The van der Waals surface area contributed by atoms with Crippen LogP contribution in [0.25, 0.3) is 22.4 Å². The average Bonchev–Trinajstić information content (AvgIpc) is 3.46. The van der Waals surface area contributed by atoms with E-state index < -0.39 is 11.6 Å². The van der Waals surface area contributed by atoms with E-state index in [1.54, 1.807) is 16.8 Å². The Labute approximate surface area is 175 Å². The third kappa shape index (κ3) is 4.02. The third-order valence-electron chi connectivity index (χ3n) is 4.63. The van der Waals surface area contributed by atoms with Crippen LogP contribution in [0, 0.1) is 23.0 Å². The Morgan fingerprint density at radius 3 is 2.67 bits per heavy atom. The summed E-state index contributed by atoms with van der Waals surface area (Å²) in [7, 11) is 0. The van der Waals surface area contributed by atoms with E-state index in [9.17, 15) is 8.78 Å². The normalized spacial score (nSPS) is 11.8. The predicted octanol–water partition coefficient (Wildman–Crippen LogP) is 5.18. The number of aromatic nitrogens is 4. The molecule has 2 aromatic carbocycles. The maximum Gasteiger partial charge on any atom is 0.137 e. The number of rotatable bonds is 5. The van der Waals surface area contributed by atoms with Gasteiger partial charge in [-0.15, -0.1) is 11.3 Å². The summed E-state index contributed by atoms with van der Waals surface area (Å²) >= 11 is 1.41. The summed E-state index contributed by atoms with van der Waals surface area (Å²) in [6, 6.07) is 12.6. The molecule has 5 nitrogen and oxygen atoms in total. The van der Waals surface area contributed by atoms with Crippen molar-refractivity contribution in [2.75, 3.05) is 0 Å². The third-order valence-corrected chi connectivity index (χ3v) is 5.59. The number of nitriles is 1.